The van der Waals surface area contributed by atoms with E-state index < -0.39 is 0 Å². The highest BCUT2D eigenvalue weighted by atomic mass is 127. The van der Waals surface area contributed by atoms with Gasteiger partial charge in [0, 0.05) is 16.2 Å². The summed E-state index contributed by atoms with van der Waals surface area (Å²) in [5.41, 5.74) is 1.20. The molecular weight excluding hydrogens is 313 g/mol. The quantitative estimate of drug-likeness (QED) is 0.778. The second kappa shape index (κ2) is 3.87. The Kier molecular flexibility index (Phi) is 2.50. The molecule has 1 aliphatic rings. The van der Waals surface area contributed by atoms with Crippen LogP contribution in [0.3, 0.4) is 0 Å². The molecule has 0 bridgehead atoms. The number of rotatable bonds is 2. The fourth-order valence-electron chi connectivity index (χ4n) is 2.01. The maximum absolute atomic E-state index is 11.9. The van der Waals surface area contributed by atoms with Gasteiger partial charge in [-0.25, -0.2) is 0 Å². The Morgan fingerprint density at radius 1 is 1.25 bits per heavy atom. The molecule has 1 fully saturated rings. The fraction of sp³-hybridized carbons (Fsp3) is 0.308. The zero-order valence-corrected chi connectivity index (χ0v) is 11.0. The number of benzene rings is 1. The number of hydrogen-bond acceptors (Lipinski definition) is 1. The average molecular weight is 325 g/mol. The first kappa shape index (κ1) is 10.3. The largest absolute Gasteiger partial charge is 0.308 e. The molecule has 1 aliphatic carbocycles. The molecule has 3 heteroatoms. The fourth-order valence-corrected chi connectivity index (χ4v) is 2.48. The standard InChI is InChI=1S/C13H12INO/c14-11-5-3-10-4-6-13(16)15(12(10)7-11)8-9-1-2-9/h3-7,9H,1-2,8H2. The highest BCUT2D eigenvalue weighted by Gasteiger charge is 2.22. The van der Waals surface area contributed by atoms with Crippen LogP contribution in [0.2, 0.25) is 0 Å². The third kappa shape index (κ3) is 1.88. The highest BCUT2D eigenvalue weighted by Crippen LogP contribution is 2.31. The normalized spacial score (nSPS) is 15.6. The summed E-state index contributed by atoms with van der Waals surface area (Å²) in [6, 6.07) is 9.85. The van der Waals surface area contributed by atoms with Crippen LogP contribution in [0.15, 0.2) is 35.1 Å². The minimum Gasteiger partial charge on any atom is -0.308 e. The SMILES string of the molecule is O=c1ccc2ccc(I)cc2n1CC1CC1. The Morgan fingerprint density at radius 3 is 2.75 bits per heavy atom. The molecule has 1 aromatic carbocycles. The topological polar surface area (TPSA) is 22.0 Å². The van der Waals surface area contributed by atoms with Crippen molar-refractivity contribution in [2.75, 3.05) is 0 Å². The van der Waals surface area contributed by atoms with Gasteiger partial charge in [0.25, 0.3) is 5.56 Å². The van der Waals surface area contributed by atoms with E-state index in [0.717, 1.165) is 23.4 Å². The molecule has 0 saturated heterocycles. The van der Waals surface area contributed by atoms with Crippen LogP contribution in [0.5, 0.6) is 0 Å². The van der Waals surface area contributed by atoms with Crippen molar-refractivity contribution in [1.29, 1.82) is 0 Å². The Morgan fingerprint density at radius 2 is 2.00 bits per heavy atom. The minimum atomic E-state index is 0.126. The third-order valence-corrected chi connectivity index (χ3v) is 3.76. The summed E-state index contributed by atoms with van der Waals surface area (Å²) in [5, 5.41) is 1.15. The lowest BCUT2D eigenvalue weighted by molar-refractivity contribution is 0.627. The minimum absolute atomic E-state index is 0.126. The van der Waals surface area contributed by atoms with Gasteiger partial charge in [0.2, 0.25) is 0 Å². The van der Waals surface area contributed by atoms with E-state index in [9.17, 15) is 4.79 Å². The molecule has 3 rings (SSSR count). The molecule has 1 aromatic heterocycles. The molecule has 0 radical (unpaired) electrons. The smallest absolute Gasteiger partial charge is 0.251 e. The van der Waals surface area contributed by atoms with Crippen molar-refractivity contribution in [3.63, 3.8) is 0 Å². The van der Waals surface area contributed by atoms with Gasteiger partial charge < -0.3 is 4.57 Å². The first-order chi connectivity index (χ1) is 7.74. The molecule has 0 N–H and O–H groups in total. The summed E-state index contributed by atoms with van der Waals surface area (Å²) in [6.07, 6.45) is 2.54. The van der Waals surface area contributed by atoms with E-state index in [1.54, 1.807) is 6.07 Å². The number of pyridine rings is 1. The summed E-state index contributed by atoms with van der Waals surface area (Å²) < 4.78 is 3.11. The van der Waals surface area contributed by atoms with Crippen LogP contribution in [0.1, 0.15) is 12.8 Å². The Bertz CT molecular complexity index is 598. The maximum atomic E-state index is 11.9. The van der Waals surface area contributed by atoms with Gasteiger partial charge in [-0.05, 0) is 64.9 Å². The Labute approximate surface area is 107 Å². The van der Waals surface area contributed by atoms with E-state index in [-0.39, 0.29) is 5.56 Å². The second-order valence-electron chi connectivity index (χ2n) is 4.43. The van der Waals surface area contributed by atoms with E-state index in [1.807, 2.05) is 10.6 Å². The van der Waals surface area contributed by atoms with E-state index in [2.05, 4.69) is 40.8 Å². The summed E-state index contributed by atoms with van der Waals surface area (Å²) in [5.74, 6) is 0.723. The van der Waals surface area contributed by atoms with Crippen molar-refractivity contribution in [1.82, 2.24) is 4.57 Å². The maximum Gasteiger partial charge on any atom is 0.251 e. The summed E-state index contributed by atoms with van der Waals surface area (Å²) in [6.45, 7) is 0.885. The molecular formula is C13H12INO. The van der Waals surface area contributed by atoms with Gasteiger partial charge >= 0.3 is 0 Å². The van der Waals surface area contributed by atoms with Crippen molar-refractivity contribution in [3.05, 3.63) is 44.3 Å². The third-order valence-electron chi connectivity index (χ3n) is 3.09. The first-order valence-electron chi connectivity index (χ1n) is 5.53. The van der Waals surface area contributed by atoms with Gasteiger partial charge in [-0.3, -0.25) is 4.79 Å². The molecule has 0 aliphatic heterocycles. The van der Waals surface area contributed by atoms with E-state index in [4.69, 9.17) is 0 Å². The van der Waals surface area contributed by atoms with Crippen molar-refractivity contribution in [2.45, 2.75) is 19.4 Å². The highest BCUT2D eigenvalue weighted by molar-refractivity contribution is 14.1. The molecule has 0 unspecified atom stereocenters. The molecule has 2 aromatic rings. The molecule has 16 heavy (non-hydrogen) atoms. The van der Waals surface area contributed by atoms with Gasteiger partial charge in [-0.1, -0.05) is 6.07 Å². The molecule has 2 nitrogen and oxygen atoms in total. The molecule has 1 saturated carbocycles. The van der Waals surface area contributed by atoms with E-state index in [1.165, 1.54) is 16.4 Å². The van der Waals surface area contributed by atoms with Gasteiger partial charge in [-0.15, -0.1) is 0 Å². The Hall–Kier alpha value is -0.840. The summed E-state index contributed by atoms with van der Waals surface area (Å²) >= 11 is 2.29. The molecule has 0 atom stereocenters. The van der Waals surface area contributed by atoms with Crippen LogP contribution in [-0.4, -0.2) is 4.57 Å². The zero-order chi connectivity index (χ0) is 11.1. The summed E-state index contributed by atoms with van der Waals surface area (Å²) in [7, 11) is 0. The lowest BCUT2D eigenvalue weighted by Crippen LogP contribution is -2.20. The zero-order valence-electron chi connectivity index (χ0n) is 8.82. The lowest BCUT2D eigenvalue weighted by atomic mass is 10.2. The summed E-state index contributed by atoms with van der Waals surface area (Å²) in [4.78, 5) is 11.9. The molecule has 0 spiro atoms. The van der Waals surface area contributed by atoms with Gasteiger partial charge in [0.15, 0.2) is 0 Å². The number of halogens is 1. The van der Waals surface area contributed by atoms with Crippen LogP contribution in [0.25, 0.3) is 10.9 Å². The number of fused-ring (bicyclic) bond motifs is 1. The average Bonchev–Trinajstić information content (AvgIpc) is 3.06. The number of aromatic nitrogens is 1. The van der Waals surface area contributed by atoms with Crippen LogP contribution >= 0.6 is 22.6 Å². The van der Waals surface area contributed by atoms with Crippen LogP contribution < -0.4 is 5.56 Å². The monoisotopic (exact) mass is 325 g/mol. The Balaban J connectivity index is 2.24. The van der Waals surface area contributed by atoms with Gasteiger partial charge in [0.1, 0.15) is 0 Å². The van der Waals surface area contributed by atoms with Crippen LogP contribution in [0.4, 0.5) is 0 Å². The van der Waals surface area contributed by atoms with E-state index in [0.29, 0.717) is 0 Å². The first-order valence-corrected chi connectivity index (χ1v) is 6.61. The number of hydrogen-bond donors (Lipinski definition) is 0. The van der Waals surface area contributed by atoms with Gasteiger partial charge in [-0.2, -0.15) is 0 Å². The van der Waals surface area contributed by atoms with Gasteiger partial charge in [0.05, 0.1) is 5.52 Å². The second-order valence-corrected chi connectivity index (χ2v) is 5.67. The number of nitrogens with zero attached hydrogens (tertiary/aromatic N) is 1. The molecule has 82 valence electrons. The lowest BCUT2D eigenvalue weighted by Gasteiger charge is -2.09. The van der Waals surface area contributed by atoms with Crippen molar-refractivity contribution in [3.8, 4) is 0 Å². The van der Waals surface area contributed by atoms with Crippen LogP contribution in [0, 0.1) is 9.49 Å². The predicted molar refractivity (Wildman–Crippen MR) is 73.6 cm³/mol. The molecule has 1 heterocycles. The van der Waals surface area contributed by atoms with Crippen molar-refractivity contribution < 1.29 is 0 Å². The molecule has 0 amide bonds. The van der Waals surface area contributed by atoms with Crippen molar-refractivity contribution in [2.24, 2.45) is 5.92 Å². The van der Waals surface area contributed by atoms with Crippen LogP contribution in [-0.2, 0) is 6.54 Å². The predicted octanol–water partition coefficient (Wildman–Crippen LogP) is 3.02. The van der Waals surface area contributed by atoms with Crippen molar-refractivity contribution >= 4 is 33.5 Å². The van der Waals surface area contributed by atoms with E-state index >= 15 is 0 Å².